The van der Waals surface area contributed by atoms with Crippen molar-refractivity contribution in [3.63, 3.8) is 0 Å². The van der Waals surface area contributed by atoms with E-state index in [1.165, 1.54) is 18.5 Å². The summed E-state index contributed by atoms with van der Waals surface area (Å²) >= 11 is 0. The molecule has 3 rings (SSSR count). The number of carbonyl (C=O) groups is 1. The molecule has 0 aliphatic carbocycles. The summed E-state index contributed by atoms with van der Waals surface area (Å²) in [6, 6.07) is 3.41. The van der Waals surface area contributed by atoms with Crippen LogP contribution in [0, 0.1) is 6.92 Å². The highest BCUT2D eigenvalue weighted by molar-refractivity contribution is 6.04. The van der Waals surface area contributed by atoms with E-state index in [0.717, 1.165) is 25.2 Å². The fourth-order valence-electron chi connectivity index (χ4n) is 2.83. The Hall–Kier alpha value is -2.68. The number of alkyl halides is 3. The molecule has 2 heterocycles. The van der Waals surface area contributed by atoms with Crippen LogP contribution in [-0.2, 0) is 6.18 Å². The highest BCUT2D eigenvalue weighted by Crippen LogP contribution is 2.36. The predicted octanol–water partition coefficient (Wildman–Crippen LogP) is 2.81. The van der Waals surface area contributed by atoms with Crippen LogP contribution in [0.1, 0.15) is 21.7 Å². The zero-order valence-electron chi connectivity index (χ0n) is 15.0. The quantitative estimate of drug-likeness (QED) is 0.889. The zero-order valence-corrected chi connectivity index (χ0v) is 15.0. The van der Waals surface area contributed by atoms with E-state index in [-0.39, 0.29) is 11.4 Å². The monoisotopic (exact) mass is 379 g/mol. The maximum Gasteiger partial charge on any atom is 0.416 e. The molecule has 0 radical (unpaired) electrons. The largest absolute Gasteiger partial charge is 0.416 e. The standard InChI is InChI=1S/C18H20F3N5O/c1-12-10-23-15(11-22-12)17(27)24-14-9-13(18(19,20)21)3-4-16(14)26-7-5-25(2)6-8-26/h3-4,9-11H,5-8H2,1-2H3,(H,24,27). The second kappa shape index (κ2) is 7.51. The summed E-state index contributed by atoms with van der Waals surface area (Å²) in [7, 11) is 1.99. The topological polar surface area (TPSA) is 61.4 Å². The number of aromatic nitrogens is 2. The van der Waals surface area contributed by atoms with Gasteiger partial charge in [-0.15, -0.1) is 0 Å². The van der Waals surface area contributed by atoms with Crippen molar-refractivity contribution < 1.29 is 18.0 Å². The SMILES string of the molecule is Cc1cnc(C(=O)Nc2cc(C(F)(F)F)ccc2N2CCN(C)CC2)cn1. The molecular weight excluding hydrogens is 359 g/mol. The molecule has 1 N–H and O–H groups in total. The van der Waals surface area contributed by atoms with Crippen LogP contribution in [0.4, 0.5) is 24.5 Å². The van der Waals surface area contributed by atoms with Crippen molar-refractivity contribution in [2.24, 2.45) is 0 Å². The van der Waals surface area contributed by atoms with E-state index in [1.807, 2.05) is 11.9 Å². The first-order valence-electron chi connectivity index (χ1n) is 8.49. The van der Waals surface area contributed by atoms with E-state index in [0.29, 0.717) is 24.5 Å². The summed E-state index contributed by atoms with van der Waals surface area (Å²) in [6.07, 6.45) is -1.76. The van der Waals surface area contributed by atoms with Gasteiger partial charge in [0.1, 0.15) is 5.69 Å². The van der Waals surface area contributed by atoms with Gasteiger partial charge in [0.25, 0.3) is 5.91 Å². The molecule has 1 aliphatic rings. The molecule has 6 nitrogen and oxygen atoms in total. The lowest BCUT2D eigenvalue weighted by molar-refractivity contribution is -0.137. The van der Waals surface area contributed by atoms with Crippen LogP contribution in [0.25, 0.3) is 0 Å². The van der Waals surface area contributed by atoms with Crippen molar-refractivity contribution in [1.29, 1.82) is 0 Å². The maximum atomic E-state index is 13.1. The number of likely N-dealkylation sites (N-methyl/N-ethyl adjacent to an activating group) is 1. The molecule has 0 atom stereocenters. The Morgan fingerprint density at radius 3 is 2.41 bits per heavy atom. The average Bonchev–Trinajstić information content (AvgIpc) is 2.62. The molecule has 27 heavy (non-hydrogen) atoms. The number of benzene rings is 1. The fraction of sp³-hybridized carbons (Fsp3) is 0.389. The summed E-state index contributed by atoms with van der Waals surface area (Å²) in [5, 5.41) is 2.57. The molecule has 144 valence electrons. The number of rotatable bonds is 3. The number of carbonyl (C=O) groups excluding carboxylic acids is 1. The number of aryl methyl sites for hydroxylation is 1. The van der Waals surface area contributed by atoms with Gasteiger partial charge in [-0.05, 0) is 32.2 Å². The van der Waals surface area contributed by atoms with Gasteiger partial charge in [0.05, 0.1) is 28.8 Å². The Balaban J connectivity index is 1.92. The molecule has 2 aromatic rings. The third-order valence-electron chi connectivity index (χ3n) is 4.43. The molecule has 0 bridgehead atoms. The van der Waals surface area contributed by atoms with Crippen molar-refractivity contribution in [3.05, 3.63) is 47.5 Å². The number of anilines is 2. The number of nitrogens with zero attached hydrogens (tertiary/aromatic N) is 4. The molecule has 0 unspecified atom stereocenters. The summed E-state index contributed by atoms with van der Waals surface area (Å²) in [5.74, 6) is -0.600. The van der Waals surface area contributed by atoms with Gasteiger partial charge in [-0.3, -0.25) is 9.78 Å². The highest BCUT2D eigenvalue weighted by Gasteiger charge is 2.32. The first-order valence-corrected chi connectivity index (χ1v) is 8.49. The molecular formula is C18H20F3N5O. The van der Waals surface area contributed by atoms with E-state index in [4.69, 9.17) is 0 Å². The number of amides is 1. The lowest BCUT2D eigenvalue weighted by Gasteiger charge is -2.35. The first kappa shape index (κ1) is 19.1. The lowest BCUT2D eigenvalue weighted by Crippen LogP contribution is -2.44. The van der Waals surface area contributed by atoms with Gasteiger partial charge in [-0.2, -0.15) is 13.2 Å². The van der Waals surface area contributed by atoms with E-state index in [2.05, 4.69) is 20.2 Å². The summed E-state index contributed by atoms with van der Waals surface area (Å²) in [6.45, 7) is 4.63. The third-order valence-corrected chi connectivity index (χ3v) is 4.43. The van der Waals surface area contributed by atoms with Gasteiger partial charge < -0.3 is 15.1 Å². The molecule has 1 saturated heterocycles. The minimum Gasteiger partial charge on any atom is -0.367 e. The molecule has 1 aromatic heterocycles. The van der Waals surface area contributed by atoms with E-state index in [1.54, 1.807) is 6.92 Å². The lowest BCUT2D eigenvalue weighted by atomic mass is 10.1. The van der Waals surface area contributed by atoms with Crippen LogP contribution in [0.5, 0.6) is 0 Å². The first-order chi connectivity index (χ1) is 12.7. The number of piperazine rings is 1. The predicted molar refractivity (Wildman–Crippen MR) is 95.9 cm³/mol. The number of hydrogen-bond donors (Lipinski definition) is 1. The van der Waals surface area contributed by atoms with E-state index in [9.17, 15) is 18.0 Å². The van der Waals surface area contributed by atoms with Gasteiger partial charge >= 0.3 is 6.18 Å². The van der Waals surface area contributed by atoms with Crippen LogP contribution < -0.4 is 10.2 Å². The molecule has 1 amide bonds. The number of halogens is 3. The fourth-order valence-corrected chi connectivity index (χ4v) is 2.83. The Kier molecular flexibility index (Phi) is 5.31. The Bertz CT molecular complexity index is 815. The van der Waals surface area contributed by atoms with Crippen molar-refractivity contribution in [2.75, 3.05) is 43.4 Å². The van der Waals surface area contributed by atoms with Crippen molar-refractivity contribution in [2.45, 2.75) is 13.1 Å². The maximum absolute atomic E-state index is 13.1. The summed E-state index contributed by atoms with van der Waals surface area (Å²) in [5.41, 5.74) is 0.544. The molecule has 9 heteroatoms. The minimum absolute atomic E-state index is 0.0438. The van der Waals surface area contributed by atoms with Crippen LogP contribution in [0.15, 0.2) is 30.6 Å². The van der Waals surface area contributed by atoms with Crippen LogP contribution in [0.2, 0.25) is 0 Å². The second-order valence-electron chi connectivity index (χ2n) is 6.52. The van der Waals surface area contributed by atoms with Crippen LogP contribution >= 0.6 is 0 Å². The molecule has 1 fully saturated rings. The van der Waals surface area contributed by atoms with Crippen LogP contribution in [0.3, 0.4) is 0 Å². The summed E-state index contributed by atoms with van der Waals surface area (Å²) < 4.78 is 39.4. The molecule has 1 aliphatic heterocycles. The minimum atomic E-state index is -4.50. The highest BCUT2D eigenvalue weighted by atomic mass is 19.4. The number of hydrogen-bond acceptors (Lipinski definition) is 5. The zero-order chi connectivity index (χ0) is 19.6. The second-order valence-corrected chi connectivity index (χ2v) is 6.52. The third kappa shape index (κ3) is 4.54. The average molecular weight is 379 g/mol. The van der Waals surface area contributed by atoms with Crippen molar-refractivity contribution >= 4 is 17.3 Å². The van der Waals surface area contributed by atoms with Crippen molar-refractivity contribution in [3.8, 4) is 0 Å². The van der Waals surface area contributed by atoms with E-state index >= 15 is 0 Å². The molecule has 0 saturated carbocycles. The van der Waals surface area contributed by atoms with Gasteiger partial charge in [0, 0.05) is 32.4 Å². The van der Waals surface area contributed by atoms with Gasteiger partial charge in [-0.25, -0.2) is 4.98 Å². The number of nitrogens with one attached hydrogen (secondary N) is 1. The molecule has 0 spiro atoms. The Morgan fingerprint density at radius 1 is 1.11 bits per heavy atom. The van der Waals surface area contributed by atoms with E-state index < -0.39 is 17.6 Å². The van der Waals surface area contributed by atoms with Crippen LogP contribution in [-0.4, -0.2) is 54.0 Å². The summed E-state index contributed by atoms with van der Waals surface area (Å²) in [4.78, 5) is 24.5. The Labute approximate surface area is 155 Å². The van der Waals surface area contributed by atoms with Crippen molar-refractivity contribution in [1.82, 2.24) is 14.9 Å². The van der Waals surface area contributed by atoms with Gasteiger partial charge in [0.15, 0.2) is 0 Å². The normalized spacial score (nSPS) is 15.7. The smallest absolute Gasteiger partial charge is 0.367 e. The van der Waals surface area contributed by atoms with Gasteiger partial charge in [-0.1, -0.05) is 0 Å². The Morgan fingerprint density at radius 2 is 1.81 bits per heavy atom. The molecule has 1 aromatic carbocycles. The van der Waals surface area contributed by atoms with Gasteiger partial charge in [0.2, 0.25) is 0 Å².